The summed E-state index contributed by atoms with van der Waals surface area (Å²) in [4.78, 5) is 2.19. The molecule has 2 heterocycles. The zero-order chi connectivity index (χ0) is 9.97. The normalized spacial score (nSPS) is 18.9. The van der Waals surface area contributed by atoms with Crippen LogP contribution in [-0.4, -0.2) is 24.7 Å². The summed E-state index contributed by atoms with van der Waals surface area (Å²) >= 11 is 0. The van der Waals surface area contributed by atoms with E-state index in [0.717, 1.165) is 19.0 Å². The average molecular weight is 196 g/mol. The van der Waals surface area contributed by atoms with Gasteiger partial charge in [-0.1, -0.05) is 0 Å². The van der Waals surface area contributed by atoms with E-state index in [4.69, 9.17) is 10.2 Å². The second-order valence-electron chi connectivity index (χ2n) is 3.62. The Morgan fingerprint density at radius 3 is 2.79 bits per heavy atom. The Morgan fingerprint density at radius 1 is 1.43 bits per heavy atom. The van der Waals surface area contributed by atoms with Gasteiger partial charge in [0.15, 0.2) is 5.88 Å². The van der Waals surface area contributed by atoms with Crippen LogP contribution < -0.4 is 10.6 Å². The molecule has 4 nitrogen and oxygen atoms in total. The van der Waals surface area contributed by atoms with Crippen molar-refractivity contribution in [1.29, 1.82) is 0 Å². The average Bonchev–Trinajstić information content (AvgIpc) is 2.86. The smallest absolute Gasteiger partial charge is 0.195 e. The van der Waals surface area contributed by atoms with Gasteiger partial charge in [0.05, 0.1) is 0 Å². The Bertz CT molecular complexity index is 292. The first-order valence-electron chi connectivity index (χ1n) is 5.04. The van der Waals surface area contributed by atoms with Crippen LogP contribution in [0.2, 0.25) is 0 Å². The number of furan rings is 1. The molecule has 3 N–H and O–H groups in total. The Kier molecular flexibility index (Phi) is 2.74. The highest BCUT2D eigenvalue weighted by Gasteiger charge is 2.17. The molecule has 1 aromatic heterocycles. The van der Waals surface area contributed by atoms with Crippen LogP contribution in [0.1, 0.15) is 24.7 Å². The SMILES string of the molecule is NC[C@H](O)c1ccc(N2CCCC2)o1. The number of hydrogen-bond acceptors (Lipinski definition) is 4. The Labute approximate surface area is 83.3 Å². The molecular weight excluding hydrogens is 180 g/mol. The van der Waals surface area contributed by atoms with Crippen molar-refractivity contribution < 1.29 is 9.52 Å². The van der Waals surface area contributed by atoms with Gasteiger partial charge in [0.1, 0.15) is 11.9 Å². The van der Waals surface area contributed by atoms with Gasteiger partial charge >= 0.3 is 0 Å². The fourth-order valence-electron chi connectivity index (χ4n) is 1.74. The summed E-state index contributed by atoms with van der Waals surface area (Å²) in [7, 11) is 0. The van der Waals surface area contributed by atoms with Crippen LogP contribution in [-0.2, 0) is 0 Å². The molecular formula is C10H16N2O2. The minimum absolute atomic E-state index is 0.201. The first kappa shape index (κ1) is 9.55. The van der Waals surface area contributed by atoms with Crippen molar-refractivity contribution in [3.05, 3.63) is 17.9 Å². The highest BCUT2D eigenvalue weighted by Crippen LogP contribution is 2.25. The largest absolute Gasteiger partial charge is 0.443 e. The third-order valence-electron chi connectivity index (χ3n) is 2.58. The summed E-state index contributed by atoms with van der Waals surface area (Å²) in [6.45, 7) is 2.30. The van der Waals surface area contributed by atoms with Crippen molar-refractivity contribution in [2.45, 2.75) is 18.9 Å². The minimum Gasteiger partial charge on any atom is -0.443 e. The minimum atomic E-state index is -0.675. The van der Waals surface area contributed by atoms with Crippen LogP contribution in [0.15, 0.2) is 16.5 Å². The molecule has 1 atom stereocenters. The molecule has 0 amide bonds. The van der Waals surface area contributed by atoms with Crippen LogP contribution in [0, 0.1) is 0 Å². The van der Waals surface area contributed by atoms with E-state index in [1.807, 2.05) is 6.07 Å². The predicted molar refractivity (Wildman–Crippen MR) is 54.2 cm³/mol. The van der Waals surface area contributed by atoms with Gasteiger partial charge in [0.25, 0.3) is 0 Å². The molecule has 0 bridgehead atoms. The van der Waals surface area contributed by atoms with Crippen LogP contribution in [0.5, 0.6) is 0 Å². The van der Waals surface area contributed by atoms with Crippen molar-refractivity contribution >= 4 is 5.88 Å². The second-order valence-corrected chi connectivity index (χ2v) is 3.62. The number of nitrogens with two attached hydrogens (primary N) is 1. The molecule has 1 aromatic rings. The molecule has 4 heteroatoms. The lowest BCUT2D eigenvalue weighted by molar-refractivity contribution is 0.159. The maximum atomic E-state index is 9.45. The molecule has 0 aliphatic carbocycles. The molecule has 1 aliphatic rings. The summed E-state index contributed by atoms with van der Waals surface area (Å²) in [6, 6.07) is 3.70. The Morgan fingerprint density at radius 2 is 2.14 bits per heavy atom. The molecule has 14 heavy (non-hydrogen) atoms. The van der Waals surface area contributed by atoms with Gasteiger partial charge < -0.3 is 20.2 Å². The maximum Gasteiger partial charge on any atom is 0.195 e. The number of hydrogen-bond donors (Lipinski definition) is 2. The number of anilines is 1. The lowest BCUT2D eigenvalue weighted by atomic mass is 10.3. The fourth-order valence-corrected chi connectivity index (χ4v) is 1.74. The van der Waals surface area contributed by atoms with Crippen LogP contribution in [0.3, 0.4) is 0 Å². The van der Waals surface area contributed by atoms with E-state index in [1.165, 1.54) is 12.8 Å². The molecule has 0 spiro atoms. The highest BCUT2D eigenvalue weighted by atomic mass is 16.4. The molecule has 0 saturated carbocycles. The summed E-state index contributed by atoms with van der Waals surface area (Å²) in [5, 5.41) is 9.45. The first-order chi connectivity index (χ1) is 6.81. The molecule has 2 rings (SSSR count). The van der Waals surface area contributed by atoms with Crippen LogP contribution in [0.4, 0.5) is 5.88 Å². The van der Waals surface area contributed by atoms with Crippen molar-refractivity contribution in [2.24, 2.45) is 5.73 Å². The van der Waals surface area contributed by atoms with E-state index in [2.05, 4.69) is 4.90 Å². The van der Waals surface area contributed by atoms with Gasteiger partial charge in [-0.25, -0.2) is 0 Å². The van der Waals surface area contributed by atoms with Crippen molar-refractivity contribution in [1.82, 2.24) is 0 Å². The second kappa shape index (κ2) is 4.02. The van der Waals surface area contributed by atoms with E-state index < -0.39 is 6.10 Å². The lowest BCUT2D eigenvalue weighted by Gasteiger charge is -2.13. The topological polar surface area (TPSA) is 62.6 Å². The highest BCUT2D eigenvalue weighted by molar-refractivity contribution is 5.37. The predicted octanol–water partition coefficient (Wildman–Crippen LogP) is 0.872. The van der Waals surface area contributed by atoms with Gasteiger partial charge in [-0.2, -0.15) is 0 Å². The summed E-state index contributed by atoms with van der Waals surface area (Å²) in [5.41, 5.74) is 5.34. The van der Waals surface area contributed by atoms with E-state index in [-0.39, 0.29) is 6.54 Å². The molecule has 0 radical (unpaired) electrons. The third-order valence-corrected chi connectivity index (χ3v) is 2.58. The van der Waals surface area contributed by atoms with Gasteiger partial charge in [0, 0.05) is 25.7 Å². The first-order valence-corrected chi connectivity index (χ1v) is 5.04. The monoisotopic (exact) mass is 196 g/mol. The number of rotatable bonds is 3. The molecule has 0 aromatic carbocycles. The van der Waals surface area contributed by atoms with E-state index in [0.29, 0.717) is 5.76 Å². The number of aliphatic hydroxyl groups excluding tert-OH is 1. The Hall–Kier alpha value is -1.00. The third kappa shape index (κ3) is 1.76. The van der Waals surface area contributed by atoms with Crippen LogP contribution >= 0.6 is 0 Å². The summed E-state index contributed by atoms with van der Waals surface area (Å²) in [6.07, 6.45) is 1.76. The number of nitrogens with zero attached hydrogens (tertiary/aromatic N) is 1. The van der Waals surface area contributed by atoms with Crippen molar-refractivity contribution in [3.63, 3.8) is 0 Å². The van der Waals surface area contributed by atoms with E-state index in [9.17, 15) is 5.11 Å². The fraction of sp³-hybridized carbons (Fsp3) is 0.600. The standard InChI is InChI=1S/C10H16N2O2/c11-7-8(13)9-3-4-10(14-9)12-5-1-2-6-12/h3-4,8,13H,1-2,5-7,11H2/t8-/m0/s1. The van der Waals surface area contributed by atoms with Gasteiger partial charge in [-0.3, -0.25) is 0 Å². The molecule has 78 valence electrons. The van der Waals surface area contributed by atoms with E-state index in [1.54, 1.807) is 6.07 Å². The van der Waals surface area contributed by atoms with Crippen molar-refractivity contribution in [2.75, 3.05) is 24.5 Å². The zero-order valence-corrected chi connectivity index (χ0v) is 8.15. The van der Waals surface area contributed by atoms with E-state index >= 15 is 0 Å². The van der Waals surface area contributed by atoms with Gasteiger partial charge in [-0.15, -0.1) is 0 Å². The van der Waals surface area contributed by atoms with Gasteiger partial charge in [0.2, 0.25) is 0 Å². The molecule has 0 unspecified atom stereocenters. The molecule has 1 saturated heterocycles. The van der Waals surface area contributed by atoms with Gasteiger partial charge in [-0.05, 0) is 18.9 Å². The van der Waals surface area contributed by atoms with Crippen LogP contribution in [0.25, 0.3) is 0 Å². The van der Waals surface area contributed by atoms with Crippen molar-refractivity contribution in [3.8, 4) is 0 Å². The quantitative estimate of drug-likeness (QED) is 0.753. The zero-order valence-electron chi connectivity index (χ0n) is 8.15. The molecule has 1 aliphatic heterocycles. The maximum absolute atomic E-state index is 9.45. The Balaban J connectivity index is 2.08. The molecule has 1 fully saturated rings. The lowest BCUT2D eigenvalue weighted by Crippen LogP contribution is -2.16. The number of aliphatic hydroxyl groups is 1. The summed E-state index contributed by atoms with van der Waals surface area (Å²) in [5.74, 6) is 1.42. The summed E-state index contributed by atoms with van der Waals surface area (Å²) < 4.78 is 5.52.